The van der Waals surface area contributed by atoms with Gasteiger partial charge in [0.25, 0.3) is 0 Å². The molecule has 0 rings (SSSR count). The first-order valence-corrected chi connectivity index (χ1v) is 3.83. The third kappa shape index (κ3) is 9.23. The largest absolute Gasteiger partial charge is 0.505 e. The van der Waals surface area contributed by atoms with E-state index in [0.29, 0.717) is 13.2 Å². The zero-order valence-electron chi connectivity index (χ0n) is 6.58. The number of carboxylic acid groups (broad SMARTS) is 1. The molecule has 0 saturated carbocycles. The van der Waals surface area contributed by atoms with Crippen molar-refractivity contribution in [2.24, 2.45) is 5.73 Å². The van der Waals surface area contributed by atoms with Gasteiger partial charge in [0.05, 0.1) is 6.61 Å². The molecular weight excluding hydrogens is 146 g/mol. The predicted octanol–water partition coefficient (Wildman–Crippen LogP) is 1.20. The molecule has 0 aliphatic carbocycles. The summed E-state index contributed by atoms with van der Waals surface area (Å²) >= 11 is 0. The molecule has 0 spiro atoms. The highest BCUT2D eigenvalue weighted by Crippen LogP contribution is 1.98. The molecule has 0 aliphatic rings. The molecule has 4 heteroatoms. The molecular formula is C7H15NO3. The van der Waals surface area contributed by atoms with Crippen molar-refractivity contribution in [1.29, 1.82) is 0 Å². The highest BCUT2D eigenvalue weighted by atomic mass is 16.7. The van der Waals surface area contributed by atoms with Crippen LogP contribution in [-0.2, 0) is 4.74 Å². The first kappa shape index (κ1) is 10.2. The Kier molecular flexibility index (Phi) is 6.82. The highest BCUT2D eigenvalue weighted by Gasteiger charge is 1.94. The van der Waals surface area contributed by atoms with Gasteiger partial charge >= 0.3 is 6.16 Å². The average Bonchev–Trinajstić information content (AvgIpc) is 1.96. The van der Waals surface area contributed by atoms with Crippen LogP contribution in [0.1, 0.15) is 25.7 Å². The predicted molar refractivity (Wildman–Crippen MR) is 41.5 cm³/mol. The summed E-state index contributed by atoms with van der Waals surface area (Å²) in [5, 5.41) is 8.07. The van der Waals surface area contributed by atoms with Crippen molar-refractivity contribution in [1.82, 2.24) is 0 Å². The molecule has 4 nitrogen and oxygen atoms in total. The molecule has 11 heavy (non-hydrogen) atoms. The van der Waals surface area contributed by atoms with E-state index in [1.165, 1.54) is 0 Å². The molecule has 0 aliphatic heterocycles. The summed E-state index contributed by atoms with van der Waals surface area (Å²) in [5.74, 6) is 0. The van der Waals surface area contributed by atoms with E-state index in [-0.39, 0.29) is 0 Å². The monoisotopic (exact) mass is 161 g/mol. The second-order valence-electron chi connectivity index (χ2n) is 2.32. The Bertz CT molecular complexity index is 106. The lowest BCUT2D eigenvalue weighted by molar-refractivity contribution is 0.0900. The summed E-state index contributed by atoms with van der Waals surface area (Å²) in [6.07, 6.45) is 2.66. The fourth-order valence-electron chi connectivity index (χ4n) is 0.759. The fourth-order valence-corrected chi connectivity index (χ4v) is 0.759. The zero-order valence-corrected chi connectivity index (χ0v) is 6.58. The molecule has 0 radical (unpaired) electrons. The van der Waals surface area contributed by atoms with Gasteiger partial charge in [-0.05, 0) is 19.4 Å². The lowest BCUT2D eigenvalue weighted by Crippen LogP contribution is -2.02. The molecule has 0 aromatic carbocycles. The second kappa shape index (κ2) is 7.34. The summed E-state index contributed by atoms with van der Waals surface area (Å²) in [6, 6.07) is 0. The molecule has 0 bridgehead atoms. The molecule has 0 saturated heterocycles. The molecule has 0 heterocycles. The molecule has 0 fully saturated rings. The number of hydrogen-bond acceptors (Lipinski definition) is 3. The fraction of sp³-hybridized carbons (Fsp3) is 0.857. The summed E-state index contributed by atoms with van der Waals surface area (Å²) in [7, 11) is 0. The number of hydrogen-bond donors (Lipinski definition) is 2. The van der Waals surface area contributed by atoms with Crippen LogP contribution in [0.2, 0.25) is 0 Å². The summed E-state index contributed by atoms with van der Waals surface area (Å²) < 4.78 is 4.31. The van der Waals surface area contributed by atoms with Gasteiger partial charge in [-0.25, -0.2) is 4.79 Å². The number of nitrogens with two attached hydrogens (primary N) is 1. The molecule has 0 atom stereocenters. The van der Waals surface area contributed by atoms with Crippen molar-refractivity contribution in [3.05, 3.63) is 0 Å². The second-order valence-corrected chi connectivity index (χ2v) is 2.32. The summed E-state index contributed by atoms with van der Waals surface area (Å²) in [4.78, 5) is 9.85. The van der Waals surface area contributed by atoms with Gasteiger partial charge in [-0.3, -0.25) is 0 Å². The molecule has 0 amide bonds. The van der Waals surface area contributed by atoms with Crippen LogP contribution in [-0.4, -0.2) is 24.4 Å². The topological polar surface area (TPSA) is 72.5 Å². The minimum absolute atomic E-state index is 0.305. The number of carbonyl (C=O) groups is 1. The number of ether oxygens (including phenoxy) is 1. The van der Waals surface area contributed by atoms with Crippen LogP contribution in [0.3, 0.4) is 0 Å². The van der Waals surface area contributed by atoms with E-state index in [1.807, 2.05) is 0 Å². The minimum Gasteiger partial charge on any atom is -0.450 e. The highest BCUT2D eigenvalue weighted by molar-refractivity contribution is 5.56. The van der Waals surface area contributed by atoms with Crippen molar-refractivity contribution in [3.63, 3.8) is 0 Å². The third-order valence-corrected chi connectivity index (χ3v) is 1.32. The molecule has 3 N–H and O–H groups in total. The van der Waals surface area contributed by atoms with Gasteiger partial charge in [0.2, 0.25) is 0 Å². The maximum atomic E-state index is 9.85. The van der Waals surface area contributed by atoms with Gasteiger partial charge in [-0.2, -0.15) is 0 Å². The maximum absolute atomic E-state index is 9.85. The van der Waals surface area contributed by atoms with Gasteiger partial charge in [0.1, 0.15) is 0 Å². The van der Waals surface area contributed by atoms with E-state index in [2.05, 4.69) is 4.74 Å². The Hall–Kier alpha value is -0.770. The van der Waals surface area contributed by atoms with Crippen molar-refractivity contribution < 1.29 is 14.6 Å². The molecule has 0 unspecified atom stereocenters. The standard InChI is InChI=1S/C7H15NO3/c8-5-3-1-2-4-6-11-7(9)10/h1-6,8H2,(H,9,10). The van der Waals surface area contributed by atoms with E-state index in [4.69, 9.17) is 10.8 Å². The van der Waals surface area contributed by atoms with E-state index < -0.39 is 6.16 Å². The van der Waals surface area contributed by atoms with E-state index in [9.17, 15) is 4.79 Å². The SMILES string of the molecule is NCCCCCCOC(=O)O. The number of rotatable bonds is 6. The van der Waals surface area contributed by atoms with Gasteiger partial charge in [0.15, 0.2) is 0 Å². The van der Waals surface area contributed by atoms with Gasteiger partial charge < -0.3 is 15.6 Å². The minimum atomic E-state index is -1.19. The van der Waals surface area contributed by atoms with E-state index in [1.54, 1.807) is 0 Å². The van der Waals surface area contributed by atoms with Gasteiger partial charge in [-0.1, -0.05) is 12.8 Å². The Balaban J connectivity index is 2.85. The Morgan fingerprint density at radius 3 is 2.45 bits per heavy atom. The van der Waals surface area contributed by atoms with Gasteiger partial charge in [0, 0.05) is 0 Å². The lowest BCUT2D eigenvalue weighted by atomic mass is 10.2. The first-order chi connectivity index (χ1) is 5.27. The lowest BCUT2D eigenvalue weighted by Gasteiger charge is -1.99. The molecule has 0 aromatic rings. The van der Waals surface area contributed by atoms with Crippen molar-refractivity contribution >= 4 is 6.16 Å². The molecule has 0 aromatic heterocycles. The normalized spacial score (nSPS) is 9.55. The number of unbranched alkanes of at least 4 members (excludes halogenated alkanes) is 3. The zero-order chi connectivity index (χ0) is 8.53. The van der Waals surface area contributed by atoms with Crippen LogP contribution in [0.25, 0.3) is 0 Å². The Morgan fingerprint density at radius 1 is 1.27 bits per heavy atom. The Labute approximate surface area is 66.3 Å². The smallest absolute Gasteiger partial charge is 0.450 e. The van der Waals surface area contributed by atoms with Crippen LogP contribution < -0.4 is 5.73 Å². The first-order valence-electron chi connectivity index (χ1n) is 3.83. The van der Waals surface area contributed by atoms with Crippen LogP contribution in [0.15, 0.2) is 0 Å². The quantitative estimate of drug-likeness (QED) is 0.453. The van der Waals surface area contributed by atoms with Crippen LogP contribution in [0.4, 0.5) is 4.79 Å². The van der Waals surface area contributed by atoms with Crippen molar-refractivity contribution in [2.75, 3.05) is 13.2 Å². The summed E-state index contributed by atoms with van der Waals surface area (Å²) in [5.41, 5.74) is 5.27. The van der Waals surface area contributed by atoms with E-state index in [0.717, 1.165) is 25.7 Å². The van der Waals surface area contributed by atoms with Crippen molar-refractivity contribution in [3.8, 4) is 0 Å². The van der Waals surface area contributed by atoms with E-state index >= 15 is 0 Å². The van der Waals surface area contributed by atoms with Crippen molar-refractivity contribution in [2.45, 2.75) is 25.7 Å². The Morgan fingerprint density at radius 2 is 1.91 bits per heavy atom. The van der Waals surface area contributed by atoms with Crippen LogP contribution in [0, 0.1) is 0 Å². The maximum Gasteiger partial charge on any atom is 0.505 e. The average molecular weight is 161 g/mol. The summed E-state index contributed by atoms with van der Waals surface area (Å²) in [6.45, 7) is 1.01. The van der Waals surface area contributed by atoms with Crippen LogP contribution >= 0.6 is 0 Å². The van der Waals surface area contributed by atoms with Crippen LogP contribution in [0.5, 0.6) is 0 Å². The third-order valence-electron chi connectivity index (χ3n) is 1.32. The molecule has 66 valence electrons. The van der Waals surface area contributed by atoms with Gasteiger partial charge in [-0.15, -0.1) is 0 Å².